The lowest BCUT2D eigenvalue weighted by molar-refractivity contribution is -0.115. The summed E-state index contributed by atoms with van der Waals surface area (Å²) in [6.45, 7) is 10.8. The standard InChI is InChI=1S/C20H29N3O2/c1-6-14(4)16-7-9-17(10-8-16)20(13(2)3)21-12-19(24)22-18-11-15(5)25-23-18/h7-11,13-14,20-21H,6,12H2,1-5H3,(H,22,23,24)/t14-,20-/m0/s1. The number of anilines is 1. The smallest absolute Gasteiger partial charge is 0.239 e. The van der Waals surface area contributed by atoms with E-state index < -0.39 is 0 Å². The quantitative estimate of drug-likeness (QED) is 0.744. The van der Waals surface area contributed by atoms with Crippen molar-refractivity contribution >= 4 is 11.7 Å². The molecule has 0 aliphatic carbocycles. The predicted molar refractivity (Wildman–Crippen MR) is 101 cm³/mol. The largest absolute Gasteiger partial charge is 0.360 e. The molecule has 2 aromatic rings. The van der Waals surface area contributed by atoms with Crippen molar-refractivity contribution in [1.29, 1.82) is 0 Å². The van der Waals surface area contributed by atoms with Gasteiger partial charge in [-0.15, -0.1) is 0 Å². The van der Waals surface area contributed by atoms with Crippen LogP contribution in [0.2, 0.25) is 0 Å². The molecule has 1 heterocycles. The molecular weight excluding hydrogens is 314 g/mol. The van der Waals surface area contributed by atoms with E-state index >= 15 is 0 Å². The number of benzene rings is 1. The van der Waals surface area contributed by atoms with Gasteiger partial charge >= 0.3 is 0 Å². The van der Waals surface area contributed by atoms with Crippen LogP contribution in [0.5, 0.6) is 0 Å². The summed E-state index contributed by atoms with van der Waals surface area (Å²) in [5, 5.41) is 9.86. The molecule has 0 bridgehead atoms. The first-order valence-corrected chi connectivity index (χ1v) is 8.97. The molecule has 25 heavy (non-hydrogen) atoms. The summed E-state index contributed by atoms with van der Waals surface area (Å²) < 4.78 is 4.95. The number of carbonyl (C=O) groups is 1. The minimum absolute atomic E-state index is 0.121. The minimum atomic E-state index is -0.129. The minimum Gasteiger partial charge on any atom is -0.360 e. The van der Waals surface area contributed by atoms with Gasteiger partial charge in [-0.2, -0.15) is 0 Å². The van der Waals surface area contributed by atoms with E-state index in [0.717, 1.165) is 6.42 Å². The highest BCUT2D eigenvalue weighted by Gasteiger charge is 2.17. The van der Waals surface area contributed by atoms with E-state index in [-0.39, 0.29) is 18.5 Å². The molecule has 0 aliphatic heterocycles. The van der Waals surface area contributed by atoms with Gasteiger partial charge in [0.1, 0.15) is 5.76 Å². The highest BCUT2D eigenvalue weighted by Crippen LogP contribution is 2.25. The molecule has 1 aromatic heterocycles. The number of hydrogen-bond donors (Lipinski definition) is 2. The molecule has 0 spiro atoms. The lowest BCUT2D eigenvalue weighted by Crippen LogP contribution is -2.33. The molecule has 1 aromatic carbocycles. The molecule has 136 valence electrons. The third-order valence-corrected chi connectivity index (χ3v) is 4.52. The molecule has 0 saturated carbocycles. The van der Waals surface area contributed by atoms with E-state index in [9.17, 15) is 4.79 Å². The summed E-state index contributed by atoms with van der Waals surface area (Å²) in [6, 6.07) is 10.5. The van der Waals surface area contributed by atoms with Crippen LogP contribution < -0.4 is 10.6 Å². The second kappa shape index (κ2) is 8.81. The molecule has 5 heteroatoms. The van der Waals surface area contributed by atoms with E-state index in [1.807, 2.05) is 0 Å². The highest BCUT2D eigenvalue weighted by molar-refractivity contribution is 5.91. The Kier molecular flexibility index (Phi) is 6.76. The first kappa shape index (κ1) is 19.2. The summed E-state index contributed by atoms with van der Waals surface area (Å²) in [5.41, 5.74) is 2.56. The average molecular weight is 343 g/mol. The second-order valence-corrected chi connectivity index (χ2v) is 6.95. The molecule has 0 aliphatic rings. The Balaban J connectivity index is 1.97. The Morgan fingerprint density at radius 2 is 1.80 bits per heavy atom. The third kappa shape index (κ3) is 5.43. The van der Waals surface area contributed by atoms with Crippen LogP contribution in [0.25, 0.3) is 0 Å². The van der Waals surface area contributed by atoms with Gasteiger partial charge in [0.15, 0.2) is 5.82 Å². The molecule has 0 unspecified atom stereocenters. The van der Waals surface area contributed by atoms with Crippen LogP contribution in [0.1, 0.15) is 63.0 Å². The summed E-state index contributed by atoms with van der Waals surface area (Å²) >= 11 is 0. The van der Waals surface area contributed by atoms with Gasteiger partial charge in [0, 0.05) is 12.1 Å². The number of aromatic nitrogens is 1. The highest BCUT2D eigenvalue weighted by atomic mass is 16.5. The van der Waals surface area contributed by atoms with Crippen molar-refractivity contribution in [2.24, 2.45) is 5.92 Å². The number of carbonyl (C=O) groups excluding carboxylic acids is 1. The Hall–Kier alpha value is -2.14. The van der Waals surface area contributed by atoms with Crippen molar-refractivity contribution in [2.75, 3.05) is 11.9 Å². The van der Waals surface area contributed by atoms with Crippen LogP contribution in [0, 0.1) is 12.8 Å². The van der Waals surface area contributed by atoms with E-state index in [1.54, 1.807) is 13.0 Å². The Morgan fingerprint density at radius 3 is 2.32 bits per heavy atom. The van der Waals surface area contributed by atoms with E-state index in [2.05, 4.69) is 67.8 Å². The van der Waals surface area contributed by atoms with Gasteiger partial charge in [0.2, 0.25) is 5.91 Å². The maximum absolute atomic E-state index is 12.1. The summed E-state index contributed by atoms with van der Waals surface area (Å²) in [6.07, 6.45) is 1.13. The molecule has 0 saturated heterocycles. The molecule has 5 nitrogen and oxygen atoms in total. The summed E-state index contributed by atoms with van der Waals surface area (Å²) in [7, 11) is 0. The SMILES string of the molecule is CC[C@H](C)c1ccc([C@@H](NCC(=O)Nc2cc(C)on2)C(C)C)cc1. The summed E-state index contributed by atoms with van der Waals surface area (Å²) in [4.78, 5) is 12.1. The van der Waals surface area contributed by atoms with E-state index in [0.29, 0.717) is 23.4 Å². The number of hydrogen-bond acceptors (Lipinski definition) is 4. The van der Waals surface area contributed by atoms with Gasteiger partial charge in [-0.25, -0.2) is 0 Å². The van der Waals surface area contributed by atoms with Crippen molar-refractivity contribution in [3.05, 3.63) is 47.2 Å². The van der Waals surface area contributed by atoms with Crippen LogP contribution in [0.3, 0.4) is 0 Å². The van der Waals surface area contributed by atoms with Gasteiger partial charge in [0.25, 0.3) is 0 Å². The van der Waals surface area contributed by atoms with Crippen LogP contribution >= 0.6 is 0 Å². The van der Waals surface area contributed by atoms with Crippen LogP contribution in [0.15, 0.2) is 34.9 Å². The number of nitrogens with zero attached hydrogens (tertiary/aromatic N) is 1. The number of nitrogens with one attached hydrogen (secondary N) is 2. The monoisotopic (exact) mass is 343 g/mol. The number of aryl methyl sites for hydroxylation is 1. The molecule has 0 radical (unpaired) electrons. The van der Waals surface area contributed by atoms with Gasteiger partial charge in [0.05, 0.1) is 6.54 Å². The van der Waals surface area contributed by atoms with Crippen molar-refractivity contribution in [1.82, 2.24) is 10.5 Å². The lowest BCUT2D eigenvalue weighted by atomic mass is 9.92. The van der Waals surface area contributed by atoms with Gasteiger partial charge in [-0.3, -0.25) is 4.79 Å². The van der Waals surface area contributed by atoms with Crippen LogP contribution in [0.4, 0.5) is 5.82 Å². The van der Waals surface area contributed by atoms with Gasteiger partial charge in [-0.1, -0.05) is 57.1 Å². The molecule has 2 N–H and O–H groups in total. The van der Waals surface area contributed by atoms with Crippen molar-refractivity contribution < 1.29 is 9.32 Å². The predicted octanol–water partition coefficient (Wildman–Crippen LogP) is 4.42. The lowest BCUT2D eigenvalue weighted by Gasteiger charge is -2.23. The fourth-order valence-electron chi connectivity index (χ4n) is 2.82. The topological polar surface area (TPSA) is 67.2 Å². The van der Waals surface area contributed by atoms with Crippen molar-refractivity contribution in [3.8, 4) is 0 Å². The average Bonchev–Trinajstić information content (AvgIpc) is 2.99. The van der Waals surface area contributed by atoms with Crippen LogP contribution in [-0.4, -0.2) is 17.6 Å². The van der Waals surface area contributed by atoms with Gasteiger partial charge < -0.3 is 15.2 Å². The number of rotatable bonds is 8. The zero-order chi connectivity index (χ0) is 18.4. The molecule has 0 fully saturated rings. The number of amides is 1. The maximum atomic E-state index is 12.1. The first-order valence-electron chi connectivity index (χ1n) is 8.97. The Morgan fingerprint density at radius 1 is 1.16 bits per heavy atom. The van der Waals surface area contributed by atoms with Crippen molar-refractivity contribution in [2.45, 2.75) is 53.0 Å². The molecule has 2 atom stereocenters. The van der Waals surface area contributed by atoms with Crippen LogP contribution in [-0.2, 0) is 4.79 Å². The Labute approximate surface area is 150 Å². The van der Waals surface area contributed by atoms with Crippen molar-refractivity contribution in [3.63, 3.8) is 0 Å². The second-order valence-electron chi connectivity index (χ2n) is 6.95. The fourth-order valence-corrected chi connectivity index (χ4v) is 2.82. The molecule has 2 rings (SSSR count). The molecular formula is C20H29N3O2. The zero-order valence-electron chi connectivity index (χ0n) is 15.8. The maximum Gasteiger partial charge on any atom is 0.239 e. The first-order chi connectivity index (χ1) is 11.9. The van der Waals surface area contributed by atoms with E-state index in [4.69, 9.17) is 4.52 Å². The fraction of sp³-hybridized carbons (Fsp3) is 0.500. The molecule has 1 amide bonds. The zero-order valence-corrected chi connectivity index (χ0v) is 15.8. The van der Waals surface area contributed by atoms with Gasteiger partial charge in [-0.05, 0) is 36.3 Å². The third-order valence-electron chi connectivity index (χ3n) is 4.52. The Bertz CT molecular complexity index is 677. The summed E-state index contributed by atoms with van der Waals surface area (Å²) in [5.74, 6) is 1.93. The van der Waals surface area contributed by atoms with E-state index in [1.165, 1.54) is 11.1 Å². The normalized spacial score (nSPS) is 13.7.